The van der Waals surface area contributed by atoms with Crippen molar-refractivity contribution in [2.24, 2.45) is 0 Å². The quantitative estimate of drug-likeness (QED) is 0.0903. The minimum atomic E-state index is -0.254. The van der Waals surface area contributed by atoms with Gasteiger partial charge in [0, 0.05) is 168 Å². The third kappa shape index (κ3) is 19.6. The summed E-state index contributed by atoms with van der Waals surface area (Å²) < 4.78 is 5.10. The van der Waals surface area contributed by atoms with Crippen LogP contribution in [0, 0.1) is 11.3 Å². The Bertz CT molecular complexity index is 4020. The highest BCUT2D eigenvalue weighted by molar-refractivity contribution is 6.31. The molecule has 6 aliphatic rings. The summed E-state index contributed by atoms with van der Waals surface area (Å²) in [6.45, 7) is 2.04. The molecule has 0 unspecified atom stereocenters. The van der Waals surface area contributed by atoms with Gasteiger partial charge in [-0.15, -0.1) is 0 Å². The number of methoxy groups -OCH3 is 1. The fourth-order valence-electron chi connectivity index (χ4n) is 10.5. The Labute approximate surface area is 558 Å². The molecule has 5 aromatic carbocycles. The Balaban J connectivity index is 0.000000168. The zero-order valence-corrected chi connectivity index (χ0v) is 56.1. The number of nitrogens with zero attached hydrogens (tertiary/aromatic N) is 6. The zero-order chi connectivity index (χ0) is 69.5. The van der Waals surface area contributed by atoms with E-state index in [-0.39, 0.29) is 90.6 Å². The number of nitrogens with one attached hydrogen (secondary N) is 5. The van der Waals surface area contributed by atoms with Crippen LogP contribution < -0.4 is 31.3 Å². The van der Waals surface area contributed by atoms with Crippen molar-refractivity contribution in [2.45, 2.75) is 64.2 Å². The highest BCUT2D eigenvalue weighted by Gasteiger charge is 2.31. The molecule has 0 bridgehead atoms. The molecule has 0 spiro atoms. The summed E-state index contributed by atoms with van der Waals surface area (Å²) in [5, 5.41) is 23.1. The van der Waals surface area contributed by atoms with Crippen LogP contribution >= 0.6 is 11.6 Å². The van der Waals surface area contributed by atoms with Crippen molar-refractivity contribution in [3.63, 3.8) is 0 Å². The number of benzene rings is 5. The summed E-state index contributed by atoms with van der Waals surface area (Å²) >= 11 is 5.86. The number of anilines is 5. The second kappa shape index (κ2) is 32.1. The van der Waals surface area contributed by atoms with E-state index in [2.05, 4.69) is 26.6 Å². The molecule has 23 heteroatoms. The normalized spacial score (nSPS) is 17.5. The monoisotopic (exact) mass is 1310 g/mol. The SMILES string of the molecule is CCc1ccc2c(c1)NC(=O)CC(=CN(C)C)C2=O.CN(C)C=C1CC(=O)Nc2cc(C#N)ccc2C1=O.CN(C)C=C1CC(=O)Nc2cc(C3CC3)ccc2C1=O.CN(C)C=C1CC(=O)Nc2cc(Cl)ccc2C1=O.COc1ccc2c(c1)NC(=O)CC(=CN(C)C)C2=O. The second-order valence-electron chi connectivity index (χ2n) is 24.1. The van der Waals surface area contributed by atoms with Crippen LogP contribution in [0.25, 0.3) is 0 Å². The lowest BCUT2D eigenvalue weighted by Crippen LogP contribution is -2.12. The number of Topliss-reactive ketones (excluding diaryl/α,β-unsaturated/α-hetero) is 5. The van der Waals surface area contributed by atoms with Crippen molar-refractivity contribution in [3.8, 4) is 11.8 Å². The fraction of sp³-hybridized carbons (Fsp3) is 0.292. The zero-order valence-electron chi connectivity index (χ0n) is 55.3. The Morgan fingerprint density at radius 3 is 1.09 bits per heavy atom. The smallest absolute Gasteiger partial charge is 0.229 e. The van der Waals surface area contributed by atoms with Crippen LogP contribution in [0.3, 0.4) is 0 Å². The molecule has 1 aliphatic carbocycles. The lowest BCUT2D eigenvalue weighted by molar-refractivity contribution is -0.116. The van der Waals surface area contributed by atoms with Gasteiger partial charge in [-0.05, 0) is 109 Å². The van der Waals surface area contributed by atoms with E-state index in [0.29, 0.717) is 106 Å². The van der Waals surface area contributed by atoms with E-state index >= 15 is 0 Å². The van der Waals surface area contributed by atoms with E-state index in [0.717, 1.165) is 12.0 Å². The van der Waals surface area contributed by atoms with Gasteiger partial charge < -0.3 is 55.8 Å². The van der Waals surface area contributed by atoms with Gasteiger partial charge in [-0.3, -0.25) is 47.9 Å². The van der Waals surface area contributed by atoms with Crippen molar-refractivity contribution >= 4 is 98.5 Å². The first-order valence-electron chi connectivity index (χ1n) is 30.4. The Hall–Kier alpha value is -10.9. The van der Waals surface area contributed by atoms with Gasteiger partial charge in [0.25, 0.3) is 0 Å². The van der Waals surface area contributed by atoms with Crippen LogP contribution in [-0.4, -0.2) is 161 Å². The summed E-state index contributed by atoms with van der Waals surface area (Å²) in [6, 6.07) is 28.0. The van der Waals surface area contributed by atoms with Gasteiger partial charge in [0.2, 0.25) is 29.5 Å². The maximum Gasteiger partial charge on any atom is 0.229 e. The van der Waals surface area contributed by atoms with Gasteiger partial charge in [0.15, 0.2) is 28.9 Å². The Kier molecular flexibility index (Phi) is 24.2. The van der Waals surface area contributed by atoms with Crippen LogP contribution in [0.1, 0.15) is 126 Å². The van der Waals surface area contributed by atoms with Crippen LogP contribution in [0.2, 0.25) is 5.02 Å². The maximum atomic E-state index is 12.5. The lowest BCUT2D eigenvalue weighted by Gasteiger charge is -2.09. The standard InChI is InChI=1S/C16H18N2O2.C15H18N2O2.C14H13N3O2.C14H16N2O3.C13H13ClN2O2/c1-18(2)9-12-8-15(19)17-14-7-11(10-3-4-10)5-6-13(14)16(12)20;1-4-10-5-6-12-13(7-10)16-14(18)8-11(15(12)19)9-17(2)3;1-17(2)8-10-6-13(18)16-12-5-9(7-15)3-4-11(12)14(10)19;1-16(2)8-9-6-13(17)15-12-7-10(19-3)4-5-11(12)14(9)18;1-16(2)7-8-5-12(17)15-11-6-9(14)3-4-10(11)13(8)18/h5-7,9-10H,3-4,8H2,1-2H3,(H,17,19);5-7,9H,4,8H2,1-3H3,(H,16,18);3-5,8H,6H2,1-2H3,(H,16,18);4-5,7-8H,6H2,1-3H3,(H,15,17);3-4,6-7H,5H2,1-2H3,(H,15,17). The van der Waals surface area contributed by atoms with Crippen LogP contribution in [0.15, 0.2) is 150 Å². The van der Waals surface area contributed by atoms with E-state index in [4.69, 9.17) is 21.6 Å². The van der Waals surface area contributed by atoms with Gasteiger partial charge in [-0.25, -0.2) is 0 Å². The van der Waals surface area contributed by atoms with Crippen molar-refractivity contribution < 1.29 is 52.7 Å². The Morgan fingerprint density at radius 1 is 0.432 bits per heavy atom. The van der Waals surface area contributed by atoms with E-state index < -0.39 is 0 Å². The third-order valence-corrected chi connectivity index (χ3v) is 15.1. The summed E-state index contributed by atoms with van der Waals surface area (Å²) in [7, 11) is 19.8. The highest BCUT2D eigenvalue weighted by atomic mass is 35.5. The van der Waals surface area contributed by atoms with Gasteiger partial charge in [-0.1, -0.05) is 30.7 Å². The van der Waals surface area contributed by atoms with E-state index in [9.17, 15) is 47.9 Å². The molecule has 5 heterocycles. The number of amides is 5. The summed E-state index contributed by atoms with van der Waals surface area (Å²) in [5.41, 5.74) is 10.3. The first-order valence-corrected chi connectivity index (χ1v) is 30.8. The minimum Gasteiger partial charge on any atom is -0.497 e. The molecule has 1 saturated carbocycles. The maximum absolute atomic E-state index is 12.5. The topological polar surface area (TPSA) is 280 Å². The molecular formula is C72H78ClN11O11. The predicted molar refractivity (Wildman–Crippen MR) is 367 cm³/mol. The summed E-state index contributed by atoms with van der Waals surface area (Å²) in [5.74, 6) is -0.337. The number of hydrogen-bond donors (Lipinski definition) is 5. The molecular weight excluding hydrogens is 1230 g/mol. The summed E-state index contributed by atoms with van der Waals surface area (Å²) in [6.07, 6.45) is 12.2. The summed E-state index contributed by atoms with van der Waals surface area (Å²) in [4.78, 5) is 130. The van der Waals surface area contributed by atoms with Crippen molar-refractivity contribution in [1.29, 1.82) is 5.26 Å². The largest absolute Gasteiger partial charge is 0.497 e. The van der Waals surface area contributed by atoms with Gasteiger partial charge in [0.05, 0.1) is 79.3 Å². The average molecular weight is 1310 g/mol. The number of carbonyl (C=O) groups excluding carboxylic acids is 10. The number of ketones is 5. The molecule has 22 nitrogen and oxygen atoms in total. The van der Waals surface area contributed by atoms with E-state index in [1.165, 1.54) is 24.5 Å². The molecule has 0 aromatic heterocycles. The van der Waals surface area contributed by atoms with Gasteiger partial charge in [0.1, 0.15) is 5.75 Å². The molecule has 0 atom stereocenters. The van der Waals surface area contributed by atoms with Crippen molar-refractivity contribution in [2.75, 3.05) is 104 Å². The number of rotatable bonds is 8. The van der Waals surface area contributed by atoms with E-state index in [1.54, 1.807) is 131 Å². The number of hydrogen-bond acceptors (Lipinski definition) is 17. The van der Waals surface area contributed by atoms with Crippen molar-refractivity contribution in [1.82, 2.24) is 24.5 Å². The predicted octanol–water partition coefficient (Wildman–Crippen LogP) is 10.3. The third-order valence-electron chi connectivity index (χ3n) is 14.8. The average Bonchev–Trinajstić information content (AvgIpc) is 1.70. The molecule has 5 aromatic rings. The molecule has 494 valence electrons. The molecule has 0 radical (unpaired) electrons. The molecule has 5 amide bonds. The number of fused-ring (bicyclic) bond motifs is 5. The van der Waals surface area contributed by atoms with Crippen LogP contribution in [0.5, 0.6) is 5.75 Å². The number of aryl methyl sites for hydroxylation is 1. The van der Waals surface area contributed by atoms with Crippen LogP contribution in [-0.2, 0) is 30.4 Å². The highest BCUT2D eigenvalue weighted by Crippen LogP contribution is 2.42. The lowest BCUT2D eigenvalue weighted by atomic mass is 9.99. The van der Waals surface area contributed by atoms with Crippen LogP contribution in [0.4, 0.5) is 28.4 Å². The Morgan fingerprint density at radius 2 is 0.747 bits per heavy atom. The number of nitriles is 1. The number of ether oxygens (including phenoxy) is 1. The first kappa shape index (κ1) is 71.5. The molecule has 95 heavy (non-hydrogen) atoms. The molecule has 11 rings (SSSR count). The number of halogens is 1. The van der Waals surface area contributed by atoms with Gasteiger partial charge >= 0.3 is 0 Å². The molecule has 5 N–H and O–H groups in total. The molecule has 5 aliphatic heterocycles. The van der Waals surface area contributed by atoms with Gasteiger partial charge in [-0.2, -0.15) is 5.26 Å². The minimum absolute atomic E-state index is 0.0353. The number of carbonyl (C=O) groups is 10. The first-order chi connectivity index (χ1) is 45.0. The van der Waals surface area contributed by atoms with Crippen molar-refractivity contribution in [3.05, 3.63) is 199 Å². The van der Waals surface area contributed by atoms with E-state index in [1.807, 2.05) is 99.7 Å². The fourth-order valence-corrected chi connectivity index (χ4v) is 10.7. The second-order valence-corrected chi connectivity index (χ2v) is 24.6. The molecule has 1 fully saturated rings. The molecule has 0 saturated heterocycles.